The van der Waals surface area contributed by atoms with Crippen molar-refractivity contribution in [2.24, 2.45) is 5.73 Å². The Morgan fingerprint density at radius 2 is 2.25 bits per heavy atom. The topological polar surface area (TPSA) is 95.6 Å². The normalized spacial score (nSPS) is 12.2. The molecule has 0 spiro atoms. The first-order chi connectivity index (χ1) is 7.54. The maximum atomic E-state index is 11.0. The van der Waals surface area contributed by atoms with Crippen molar-refractivity contribution in [1.29, 1.82) is 0 Å². The molecule has 0 aliphatic rings. The van der Waals surface area contributed by atoms with Crippen molar-refractivity contribution in [2.45, 2.75) is 6.10 Å². The second-order valence-electron chi connectivity index (χ2n) is 3.28. The number of nitrogens with two attached hydrogens (primary N) is 1. The first-order valence-corrected chi connectivity index (χ1v) is 5.46. The Morgan fingerprint density at radius 1 is 1.56 bits per heavy atom. The Hall–Kier alpha value is -1.11. The molecule has 0 fully saturated rings. The lowest BCUT2D eigenvalue weighted by atomic mass is 10.2. The van der Waals surface area contributed by atoms with Crippen LogP contribution in [0.5, 0.6) is 0 Å². The van der Waals surface area contributed by atoms with Crippen molar-refractivity contribution in [1.82, 2.24) is 0 Å². The van der Waals surface area contributed by atoms with Gasteiger partial charge in [0.1, 0.15) is 0 Å². The number of aliphatic hydroxyl groups excluding tert-OH is 2. The summed E-state index contributed by atoms with van der Waals surface area (Å²) < 4.78 is 0.619. The van der Waals surface area contributed by atoms with Crippen molar-refractivity contribution >= 4 is 27.5 Å². The predicted octanol–water partition coefficient (Wildman–Crippen LogP) is 0.313. The second-order valence-corrected chi connectivity index (χ2v) is 4.13. The quantitative estimate of drug-likeness (QED) is 0.627. The van der Waals surface area contributed by atoms with E-state index in [1.807, 2.05) is 0 Å². The molecule has 1 rings (SSSR count). The molecule has 1 aromatic carbocycles. The standard InChI is InChI=1S/C10H13BrN2O3/c11-9-2-1-6(3-8(9)10(12)16)13-4-7(15)5-14/h1-3,7,13-15H,4-5H2,(H2,12,16). The molecule has 5 N–H and O–H groups in total. The SMILES string of the molecule is NC(=O)c1cc(NCC(O)CO)ccc1Br. The average Bonchev–Trinajstić information content (AvgIpc) is 2.27. The average molecular weight is 289 g/mol. The van der Waals surface area contributed by atoms with E-state index in [1.54, 1.807) is 18.2 Å². The Bertz CT molecular complexity index is 384. The fourth-order valence-corrected chi connectivity index (χ4v) is 1.57. The Morgan fingerprint density at radius 3 is 2.81 bits per heavy atom. The van der Waals surface area contributed by atoms with E-state index in [0.29, 0.717) is 15.7 Å². The molecule has 1 atom stereocenters. The van der Waals surface area contributed by atoms with E-state index >= 15 is 0 Å². The molecule has 0 heterocycles. The smallest absolute Gasteiger partial charge is 0.249 e. The number of primary amides is 1. The van der Waals surface area contributed by atoms with Gasteiger partial charge in [0.05, 0.1) is 18.3 Å². The Kier molecular flexibility index (Phi) is 4.72. The van der Waals surface area contributed by atoms with Crippen molar-refractivity contribution < 1.29 is 15.0 Å². The summed E-state index contributed by atoms with van der Waals surface area (Å²) in [5.41, 5.74) is 6.20. The zero-order valence-corrected chi connectivity index (χ0v) is 10.1. The van der Waals surface area contributed by atoms with Gasteiger partial charge in [-0.1, -0.05) is 0 Å². The van der Waals surface area contributed by atoms with Crippen LogP contribution in [0.3, 0.4) is 0 Å². The molecule has 88 valence electrons. The summed E-state index contributed by atoms with van der Waals surface area (Å²) in [5, 5.41) is 20.6. The largest absolute Gasteiger partial charge is 0.394 e. The number of nitrogens with one attached hydrogen (secondary N) is 1. The number of rotatable bonds is 5. The van der Waals surface area contributed by atoms with Crippen LogP contribution in [0.1, 0.15) is 10.4 Å². The van der Waals surface area contributed by atoms with Gasteiger partial charge < -0.3 is 21.3 Å². The number of carbonyl (C=O) groups is 1. The number of aliphatic hydroxyl groups is 2. The minimum Gasteiger partial charge on any atom is -0.394 e. The van der Waals surface area contributed by atoms with Crippen molar-refractivity contribution in [2.75, 3.05) is 18.5 Å². The molecule has 1 unspecified atom stereocenters. The molecule has 0 aliphatic heterocycles. The summed E-state index contributed by atoms with van der Waals surface area (Å²) in [6.07, 6.45) is -0.833. The van der Waals surface area contributed by atoms with Gasteiger partial charge in [0, 0.05) is 16.7 Å². The molecule has 1 amide bonds. The number of hydrogen-bond acceptors (Lipinski definition) is 4. The van der Waals surface area contributed by atoms with Gasteiger partial charge in [-0.15, -0.1) is 0 Å². The third-order valence-electron chi connectivity index (χ3n) is 1.98. The first kappa shape index (κ1) is 13.0. The number of benzene rings is 1. The molecule has 0 bridgehead atoms. The van der Waals surface area contributed by atoms with Gasteiger partial charge in [-0.3, -0.25) is 4.79 Å². The van der Waals surface area contributed by atoms with Crippen LogP contribution in [0.25, 0.3) is 0 Å². The lowest BCUT2D eigenvalue weighted by molar-refractivity contribution is 0.0999. The van der Waals surface area contributed by atoms with E-state index < -0.39 is 12.0 Å². The van der Waals surface area contributed by atoms with Gasteiger partial charge in [0.15, 0.2) is 0 Å². The fraction of sp³-hybridized carbons (Fsp3) is 0.300. The third-order valence-corrected chi connectivity index (χ3v) is 2.68. The van der Waals surface area contributed by atoms with Gasteiger partial charge in [-0.05, 0) is 34.1 Å². The molecule has 6 heteroatoms. The summed E-state index contributed by atoms with van der Waals surface area (Å²) in [7, 11) is 0. The summed E-state index contributed by atoms with van der Waals surface area (Å²) in [6.45, 7) is -0.109. The summed E-state index contributed by atoms with van der Waals surface area (Å²) in [4.78, 5) is 11.0. The van der Waals surface area contributed by atoms with Crippen LogP contribution in [-0.4, -0.2) is 35.4 Å². The molecule has 16 heavy (non-hydrogen) atoms. The van der Waals surface area contributed by atoms with Crippen molar-refractivity contribution in [3.8, 4) is 0 Å². The molecule has 0 saturated carbocycles. The van der Waals surface area contributed by atoms with E-state index in [-0.39, 0.29) is 13.2 Å². The maximum absolute atomic E-state index is 11.0. The van der Waals surface area contributed by atoms with Gasteiger partial charge in [0.25, 0.3) is 0 Å². The maximum Gasteiger partial charge on any atom is 0.249 e. The predicted molar refractivity (Wildman–Crippen MR) is 64.2 cm³/mol. The van der Waals surface area contributed by atoms with Crippen molar-refractivity contribution in [3.05, 3.63) is 28.2 Å². The molecular formula is C10H13BrN2O3. The lowest BCUT2D eigenvalue weighted by Gasteiger charge is -2.11. The number of hydrogen-bond donors (Lipinski definition) is 4. The number of amides is 1. The highest BCUT2D eigenvalue weighted by Gasteiger charge is 2.07. The Balaban J connectivity index is 2.75. The zero-order chi connectivity index (χ0) is 12.1. The highest BCUT2D eigenvalue weighted by atomic mass is 79.9. The fourth-order valence-electron chi connectivity index (χ4n) is 1.12. The van der Waals surface area contributed by atoms with E-state index in [4.69, 9.17) is 15.9 Å². The number of halogens is 1. The Labute approximate surface area is 101 Å². The minimum atomic E-state index is -0.833. The second kappa shape index (κ2) is 5.83. The van der Waals surface area contributed by atoms with Gasteiger partial charge >= 0.3 is 0 Å². The van der Waals surface area contributed by atoms with Crippen LogP contribution in [0, 0.1) is 0 Å². The molecule has 5 nitrogen and oxygen atoms in total. The van der Waals surface area contributed by atoms with Gasteiger partial charge in [-0.2, -0.15) is 0 Å². The van der Waals surface area contributed by atoms with E-state index in [9.17, 15) is 4.79 Å². The van der Waals surface area contributed by atoms with E-state index in [2.05, 4.69) is 21.2 Å². The van der Waals surface area contributed by atoms with Gasteiger partial charge in [-0.25, -0.2) is 0 Å². The van der Waals surface area contributed by atoms with Crippen LogP contribution < -0.4 is 11.1 Å². The molecule has 1 aromatic rings. The zero-order valence-electron chi connectivity index (χ0n) is 8.48. The van der Waals surface area contributed by atoms with Crippen molar-refractivity contribution in [3.63, 3.8) is 0 Å². The monoisotopic (exact) mass is 288 g/mol. The highest BCUT2D eigenvalue weighted by Crippen LogP contribution is 2.20. The summed E-state index contributed by atoms with van der Waals surface area (Å²) in [5.74, 6) is -0.529. The third kappa shape index (κ3) is 3.48. The van der Waals surface area contributed by atoms with E-state index in [1.165, 1.54) is 0 Å². The molecule has 0 aromatic heterocycles. The van der Waals surface area contributed by atoms with Crippen LogP contribution in [0.4, 0.5) is 5.69 Å². The lowest BCUT2D eigenvalue weighted by Crippen LogP contribution is -2.23. The van der Waals surface area contributed by atoms with Crippen LogP contribution >= 0.6 is 15.9 Å². The molecule has 0 aliphatic carbocycles. The van der Waals surface area contributed by atoms with Gasteiger partial charge in [0.2, 0.25) is 5.91 Å². The summed E-state index contributed by atoms with van der Waals surface area (Å²) >= 11 is 3.21. The highest BCUT2D eigenvalue weighted by molar-refractivity contribution is 9.10. The van der Waals surface area contributed by atoms with Crippen LogP contribution in [-0.2, 0) is 0 Å². The van der Waals surface area contributed by atoms with E-state index in [0.717, 1.165) is 0 Å². The number of carbonyl (C=O) groups excluding carboxylic acids is 1. The molecule has 0 saturated heterocycles. The minimum absolute atomic E-state index is 0.205. The number of anilines is 1. The first-order valence-electron chi connectivity index (χ1n) is 4.66. The summed E-state index contributed by atoms with van der Waals surface area (Å²) in [6, 6.07) is 5.00. The molecular weight excluding hydrogens is 276 g/mol. The van der Waals surface area contributed by atoms with Crippen LogP contribution in [0.15, 0.2) is 22.7 Å². The van der Waals surface area contributed by atoms with Crippen LogP contribution in [0.2, 0.25) is 0 Å². The molecule has 0 radical (unpaired) electrons.